The Balaban J connectivity index is 2.10. The maximum Gasteiger partial charge on any atom is 0.351 e. The van der Waals surface area contributed by atoms with E-state index < -0.39 is 0 Å². The number of thiophene rings is 1. The quantitative estimate of drug-likeness (QED) is 0.517. The smallest absolute Gasteiger partial charge is 0.351 e. The summed E-state index contributed by atoms with van der Waals surface area (Å²) in [6.07, 6.45) is 0. The van der Waals surface area contributed by atoms with E-state index in [1.165, 1.54) is 24.0 Å². The molecule has 1 heterocycles. The number of carbonyl (C=O) groups excluding carboxylic acids is 1. The molecule has 0 bridgehead atoms. The van der Waals surface area contributed by atoms with Crippen LogP contribution in [0, 0.1) is 0 Å². The Bertz CT molecular complexity index is 593. The van der Waals surface area contributed by atoms with Crippen LogP contribution in [-0.4, -0.2) is 13.1 Å². The second-order valence-electron chi connectivity index (χ2n) is 3.97. The van der Waals surface area contributed by atoms with Crippen molar-refractivity contribution in [3.05, 3.63) is 50.1 Å². The number of esters is 1. The van der Waals surface area contributed by atoms with Crippen LogP contribution in [0.4, 0.5) is 0 Å². The summed E-state index contributed by atoms with van der Waals surface area (Å²) in [6.45, 7) is 0.405. The first kappa shape index (κ1) is 15.5. The van der Waals surface area contributed by atoms with Crippen LogP contribution in [-0.2, 0) is 16.7 Å². The zero-order chi connectivity index (χ0) is 14.5. The number of benzene rings is 1. The highest BCUT2D eigenvalue weighted by atomic mass is 79.9. The average molecular weight is 420 g/mol. The monoisotopic (exact) mass is 418 g/mol. The van der Waals surface area contributed by atoms with Crippen LogP contribution in [0.3, 0.4) is 0 Å². The van der Waals surface area contributed by atoms with Crippen molar-refractivity contribution in [1.82, 2.24) is 0 Å². The lowest BCUT2D eigenvalue weighted by atomic mass is 10.2. The molecule has 106 valence electrons. The Kier molecular flexibility index (Phi) is 5.63. The van der Waals surface area contributed by atoms with E-state index in [0.717, 1.165) is 15.4 Å². The minimum atomic E-state index is -0.384. The summed E-state index contributed by atoms with van der Waals surface area (Å²) in [4.78, 5) is 12.1. The van der Waals surface area contributed by atoms with Gasteiger partial charge in [-0.25, -0.2) is 4.79 Å². The number of carbonyl (C=O) groups is 1. The molecule has 3 nitrogen and oxygen atoms in total. The van der Waals surface area contributed by atoms with Gasteiger partial charge in [-0.2, -0.15) is 0 Å². The molecule has 1 aromatic heterocycles. The molecule has 2 rings (SSSR count). The van der Waals surface area contributed by atoms with Crippen LogP contribution in [0.2, 0.25) is 0 Å². The summed E-state index contributed by atoms with van der Waals surface area (Å²) >= 11 is 8.09. The number of rotatable bonds is 5. The molecular weight excluding hydrogens is 408 g/mol. The molecule has 0 spiro atoms. The third kappa shape index (κ3) is 3.62. The minimum Gasteiger partial charge on any atom is -0.486 e. The predicted octanol–water partition coefficient (Wildman–Crippen LogP) is 4.77. The van der Waals surface area contributed by atoms with E-state index in [0.29, 0.717) is 17.2 Å². The lowest BCUT2D eigenvalue weighted by Gasteiger charge is -2.08. The predicted molar refractivity (Wildman–Crippen MR) is 86.8 cm³/mol. The topological polar surface area (TPSA) is 35.5 Å². The number of alkyl halides is 1. The second-order valence-corrected chi connectivity index (χ2v) is 6.27. The molecule has 0 saturated heterocycles. The zero-order valence-electron chi connectivity index (χ0n) is 10.7. The first-order valence-electron chi connectivity index (χ1n) is 5.77. The highest BCUT2D eigenvalue weighted by Crippen LogP contribution is 2.36. The highest BCUT2D eigenvalue weighted by Gasteiger charge is 2.19. The SMILES string of the molecule is COC(=O)c1scc(Br)c1OCc1ccc(CBr)cc1. The Morgan fingerprint density at radius 3 is 2.50 bits per heavy atom. The first-order chi connectivity index (χ1) is 9.65. The van der Waals surface area contributed by atoms with Crippen molar-refractivity contribution in [1.29, 1.82) is 0 Å². The van der Waals surface area contributed by atoms with Crippen molar-refractivity contribution in [2.75, 3.05) is 7.11 Å². The van der Waals surface area contributed by atoms with Gasteiger partial charge >= 0.3 is 5.97 Å². The van der Waals surface area contributed by atoms with E-state index in [4.69, 9.17) is 9.47 Å². The molecular formula is C14H12Br2O3S. The number of methoxy groups -OCH3 is 1. The van der Waals surface area contributed by atoms with Crippen LogP contribution in [0.1, 0.15) is 20.8 Å². The van der Waals surface area contributed by atoms with E-state index in [1.54, 1.807) is 0 Å². The molecule has 0 aliphatic carbocycles. The fourth-order valence-corrected chi connectivity index (χ4v) is 3.46. The maximum absolute atomic E-state index is 11.6. The van der Waals surface area contributed by atoms with Crippen molar-refractivity contribution < 1.29 is 14.3 Å². The van der Waals surface area contributed by atoms with E-state index in [9.17, 15) is 4.79 Å². The fraction of sp³-hybridized carbons (Fsp3) is 0.214. The van der Waals surface area contributed by atoms with Crippen LogP contribution in [0.5, 0.6) is 5.75 Å². The molecule has 6 heteroatoms. The molecule has 1 aromatic carbocycles. The van der Waals surface area contributed by atoms with Crippen LogP contribution in [0.15, 0.2) is 34.1 Å². The molecule has 0 saturated carbocycles. The van der Waals surface area contributed by atoms with Gasteiger partial charge in [-0.05, 0) is 27.1 Å². The third-order valence-corrected chi connectivity index (χ3v) is 5.12. The Morgan fingerprint density at radius 2 is 1.90 bits per heavy atom. The minimum absolute atomic E-state index is 0.384. The second kappa shape index (κ2) is 7.24. The number of hydrogen-bond acceptors (Lipinski definition) is 4. The van der Waals surface area contributed by atoms with Gasteiger partial charge in [0.25, 0.3) is 0 Å². The third-order valence-electron chi connectivity index (χ3n) is 2.63. The summed E-state index contributed by atoms with van der Waals surface area (Å²) in [5.41, 5.74) is 2.25. The number of hydrogen-bond donors (Lipinski definition) is 0. The van der Waals surface area contributed by atoms with Crippen molar-refractivity contribution >= 4 is 49.2 Å². The van der Waals surface area contributed by atoms with Gasteiger partial charge in [0.1, 0.15) is 6.61 Å². The van der Waals surface area contributed by atoms with E-state index in [1.807, 2.05) is 29.6 Å². The van der Waals surface area contributed by atoms with Gasteiger partial charge in [-0.1, -0.05) is 40.2 Å². The van der Waals surface area contributed by atoms with Crippen LogP contribution >= 0.6 is 43.2 Å². The normalized spacial score (nSPS) is 10.3. The van der Waals surface area contributed by atoms with Gasteiger partial charge in [0.2, 0.25) is 0 Å². The van der Waals surface area contributed by atoms with Crippen molar-refractivity contribution in [3.63, 3.8) is 0 Å². The summed E-state index contributed by atoms with van der Waals surface area (Å²) in [5, 5.41) is 2.65. The fourth-order valence-electron chi connectivity index (χ4n) is 1.57. The van der Waals surface area contributed by atoms with Gasteiger partial charge in [0.15, 0.2) is 10.6 Å². The van der Waals surface area contributed by atoms with Crippen LogP contribution in [0.25, 0.3) is 0 Å². The molecule has 0 atom stereocenters. The van der Waals surface area contributed by atoms with E-state index in [2.05, 4.69) is 31.9 Å². The standard InChI is InChI=1S/C14H12Br2O3S/c1-18-14(17)13-12(11(16)8-20-13)19-7-10-4-2-9(6-15)3-5-10/h2-5,8H,6-7H2,1H3. The molecule has 0 fully saturated rings. The summed E-state index contributed by atoms with van der Waals surface area (Å²) in [5.74, 6) is 0.150. The molecule has 0 N–H and O–H groups in total. The number of halogens is 2. The van der Waals surface area contributed by atoms with Crippen molar-refractivity contribution in [3.8, 4) is 5.75 Å². The lowest BCUT2D eigenvalue weighted by Crippen LogP contribution is -2.03. The first-order valence-corrected chi connectivity index (χ1v) is 8.57. The van der Waals surface area contributed by atoms with Crippen molar-refractivity contribution in [2.24, 2.45) is 0 Å². The molecule has 0 aliphatic rings. The largest absolute Gasteiger partial charge is 0.486 e. The van der Waals surface area contributed by atoms with Gasteiger partial charge in [-0.3, -0.25) is 0 Å². The zero-order valence-corrected chi connectivity index (χ0v) is 14.7. The van der Waals surface area contributed by atoms with Gasteiger partial charge < -0.3 is 9.47 Å². The Morgan fingerprint density at radius 1 is 1.25 bits per heavy atom. The summed E-state index contributed by atoms with van der Waals surface area (Å²) < 4.78 is 11.2. The Hall–Kier alpha value is -0.850. The van der Waals surface area contributed by atoms with E-state index >= 15 is 0 Å². The van der Waals surface area contributed by atoms with Crippen molar-refractivity contribution in [2.45, 2.75) is 11.9 Å². The Labute approximate surface area is 138 Å². The van der Waals surface area contributed by atoms with E-state index in [-0.39, 0.29) is 5.97 Å². The molecule has 0 radical (unpaired) electrons. The van der Waals surface area contributed by atoms with Gasteiger partial charge in [0, 0.05) is 10.7 Å². The number of ether oxygens (including phenoxy) is 2. The maximum atomic E-state index is 11.6. The summed E-state index contributed by atoms with van der Waals surface area (Å²) in [7, 11) is 1.36. The average Bonchev–Trinajstić information content (AvgIpc) is 2.86. The molecule has 20 heavy (non-hydrogen) atoms. The molecule has 2 aromatic rings. The van der Waals surface area contributed by atoms with Gasteiger partial charge in [0.05, 0.1) is 11.6 Å². The molecule has 0 aliphatic heterocycles. The van der Waals surface area contributed by atoms with Crippen LogP contribution < -0.4 is 4.74 Å². The molecule has 0 amide bonds. The highest BCUT2D eigenvalue weighted by molar-refractivity contribution is 9.10. The summed E-state index contributed by atoms with van der Waals surface area (Å²) in [6, 6.07) is 8.10. The lowest BCUT2D eigenvalue weighted by molar-refractivity contribution is 0.0601. The molecule has 0 unspecified atom stereocenters. The van der Waals surface area contributed by atoms with Gasteiger partial charge in [-0.15, -0.1) is 11.3 Å².